The molecule has 0 fully saturated rings. The van der Waals surface area contributed by atoms with E-state index in [0.29, 0.717) is 17.9 Å². The molecule has 3 N–H and O–H groups in total. The van der Waals surface area contributed by atoms with Crippen molar-refractivity contribution in [2.24, 2.45) is 0 Å². The zero-order chi connectivity index (χ0) is 14.5. The molecule has 0 atom stereocenters. The highest BCUT2D eigenvalue weighted by Crippen LogP contribution is 2.18. The van der Waals surface area contributed by atoms with E-state index >= 15 is 0 Å². The molecule has 5 heteroatoms. The van der Waals surface area contributed by atoms with E-state index in [-0.39, 0.29) is 11.8 Å². The summed E-state index contributed by atoms with van der Waals surface area (Å²) in [4.78, 5) is 13.8. The number of anilines is 3. The maximum absolute atomic E-state index is 12.8. The van der Waals surface area contributed by atoms with Crippen LogP contribution in [0, 0.1) is 5.82 Å². The molecular weight excluding hydrogens is 257 g/mol. The van der Waals surface area contributed by atoms with E-state index in [2.05, 4.69) is 5.32 Å². The molecule has 0 bridgehead atoms. The summed E-state index contributed by atoms with van der Waals surface area (Å²) >= 11 is 0. The van der Waals surface area contributed by atoms with Gasteiger partial charge in [-0.2, -0.15) is 0 Å². The molecule has 20 heavy (non-hydrogen) atoms. The normalized spacial score (nSPS) is 10.1. The number of hydrogen-bond donors (Lipinski definition) is 2. The first kappa shape index (κ1) is 13.9. The number of nitrogens with one attached hydrogen (secondary N) is 1. The third-order valence-electron chi connectivity index (χ3n) is 2.86. The van der Waals surface area contributed by atoms with Crippen molar-refractivity contribution in [3.05, 3.63) is 54.3 Å². The fraction of sp³-hybridized carbons (Fsp3) is 0.133. The van der Waals surface area contributed by atoms with Crippen molar-refractivity contribution in [1.29, 1.82) is 0 Å². The number of benzene rings is 2. The summed E-state index contributed by atoms with van der Waals surface area (Å²) in [6.45, 7) is 2.39. The van der Waals surface area contributed by atoms with Crippen molar-refractivity contribution >= 4 is 23.1 Å². The predicted molar refractivity (Wildman–Crippen MR) is 79.3 cm³/mol. The number of carbonyl (C=O) groups is 1. The van der Waals surface area contributed by atoms with E-state index in [1.54, 1.807) is 29.2 Å². The average molecular weight is 273 g/mol. The Hall–Kier alpha value is -2.56. The maximum atomic E-state index is 12.8. The third kappa shape index (κ3) is 3.26. The minimum atomic E-state index is -0.339. The van der Waals surface area contributed by atoms with Gasteiger partial charge in [0.25, 0.3) is 0 Å². The Morgan fingerprint density at radius 2 is 1.75 bits per heavy atom. The standard InChI is InChI=1S/C15H16FN3O/c1-2-19(14-9-5-12(17)6-10-14)15(20)18-13-7-3-11(16)4-8-13/h3-10H,2,17H2,1H3,(H,18,20). The van der Waals surface area contributed by atoms with Crippen molar-refractivity contribution in [2.75, 3.05) is 22.5 Å². The van der Waals surface area contributed by atoms with E-state index in [4.69, 9.17) is 5.73 Å². The second-order valence-electron chi connectivity index (χ2n) is 4.27. The van der Waals surface area contributed by atoms with Gasteiger partial charge in [-0.15, -0.1) is 0 Å². The van der Waals surface area contributed by atoms with Crippen LogP contribution in [0.4, 0.5) is 26.2 Å². The van der Waals surface area contributed by atoms with Gasteiger partial charge < -0.3 is 11.1 Å². The summed E-state index contributed by atoms with van der Waals surface area (Å²) < 4.78 is 12.8. The summed E-state index contributed by atoms with van der Waals surface area (Å²) in [6, 6.07) is 12.4. The largest absolute Gasteiger partial charge is 0.399 e. The number of nitrogens with two attached hydrogens (primary N) is 1. The number of rotatable bonds is 3. The molecule has 0 saturated heterocycles. The van der Waals surface area contributed by atoms with Crippen LogP contribution < -0.4 is 16.0 Å². The Balaban J connectivity index is 2.13. The lowest BCUT2D eigenvalue weighted by molar-refractivity contribution is 0.257. The molecule has 2 aromatic rings. The number of nitrogens with zero attached hydrogens (tertiary/aromatic N) is 1. The van der Waals surface area contributed by atoms with Gasteiger partial charge >= 0.3 is 6.03 Å². The molecule has 4 nitrogen and oxygen atoms in total. The molecule has 0 aliphatic rings. The molecule has 0 aliphatic carbocycles. The van der Waals surface area contributed by atoms with Crippen LogP contribution in [0.5, 0.6) is 0 Å². The molecule has 0 radical (unpaired) electrons. The maximum Gasteiger partial charge on any atom is 0.326 e. The molecule has 2 aromatic carbocycles. The second-order valence-corrected chi connectivity index (χ2v) is 4.27. The number of nitrogen functional groups attached to an aromatic ring is 1. The van der Waals surface area contributed by atoms with Crippen LogP contribution in [-0.2, 0) is 0 Å². The fourth-order valence-electron chi connectivity index (χ4n) is 1.82. The van der Waals surface area contributed by atoms with Crippen molar-refractivity contribution in [3.8, 4) is 0 Å². The van der Waals surface area contributed by atoms with Crippen LogP contribution in [0.25, 0.3) is 0 Å². The zero-order valence-corrected chi connectivity index (χ0v) is 11.1. The van der Waals surface area contributed by atoms with Crippen LogP contribution in [0.15, 0.2) is 48.5 Å². The Bertz CT molecular complexity index is 581. The van der Waals surface area contributed by atoms with E-state index in [1.807, 2.05) is 6.92 Å². The van der Waals surface area contributed by atoms with E-state index in [1.165, 1.54) is 24.3 Å². The van der Waals surface area contributed by atoms with Crippen LogP contribution in [-0.4, -0.2) is 12.6 Å². The molecule has 0 unspecified atom stereocenters. The Labute approximate surface area is 117 Å². The molecule has 0 saturated carbocycles. The highest BCUT2D eigenvalue weighted by atomic mass is 19.1. The van der Waals surface area contributed by atoms with E-state index < -0.39 is 0 Å². The minimum Gasteiger partial charge on any atom is -0.399 e. The topological polar surface area (TPSA) is 58.4 Å². The summed E-state index contributed by atoms with van der Waals surface area (Å²) in [7, 11) is 0. The Kier molecular flexibility index (Phi) is 4.20. The monoisotopic (exact) mass is 273 g/mol. The lowest BCUT2D eigenvalue weighted by Crippen LogP contribution is -2.34. The molecule has 0 aromatic heterocycles. The van der Waals surface area contributed by atoms with Gasteiger partial charge in [-0.1, -0.05) is 0 Å². The summed E-state index contributed by atoms with van der Waals surface area (Å²) in [5.74, 6) is -0.339. The lowest BCUT2D eigenvalue weighted by atomic mass is 10.2. The van der Waals surface area contributed by atoms with Gasteiger partial charge in [0.15, 0.2) is 0 Å². The zero-order valence-electron chi connectivity index (χ0n) is 11.1. The van der Waals surface area contributed by atoms with Crippen molar-refractivity contribution in [1.82, 2.24) is 0 Å². The number of hydrogen-bond acceptors (Lipinski definition) is 2. The average Bonchev–Trinajstić information content (AvgIpc) is 2.44. The van der Waals surface area contributed by atoms with Gasteiger partial charge in [-0.25, -0.2) is 9.18 Å². The smallest absolute Gasteiger partial charge is 0.326 e. The highest BCUT2D eigenvalue weighted by Gasteiger charge is 2.13. The van der Waals surface area contributed by atoms with Crippen LogP contribution in [0.1, 0.15) is 6.92 Å². The minimum absolute atomic E-state index is 0.274. The lowest BCUT2D eigenvalue weighted by Gasteiger charge is -2.21. The summed E-state index contributed by atoms with van der Waals surface area (Å²) in [5, 5.41) is 2.72. The van der Waals surface area contributed by atoms with E-state index in [9.17, 15) is 9.18 Å². The summed E-state index contributed by atoms with van der Waals surface area (Å²) in [6.07, 6.45) is 0. The Morgan fingerprint density at radius 1 is 1.15 bits per heavy atom. The van der Waals surface area contributed by atoms with Gasteiger partial charge in [-0.3, -0.25) is 4.90 Å². The first-order valence-corrected chi connectivity index (χ1v) is 6.30. The van der Waals surface area contributed by atoms with Gasteiger partial charge in [0.2, 0.25) is 0 Å². The van der Waals surface area contributed by atoms with Crippen LogP contribution in [0.3, 0.4) is 0 Å². The summed E-state index contributed by atoms with van der Waals surface area (Å²) in [5.41, 5.74) is 7.57. The van der Waals surface area contributed by atoms with Crippen molar-refractivity contribution in [3.63, 3.8) is 0 Å². The molecule has 2 rings (SSSR count). The van der Waals surface area contributed by atoms with Crippen LogP contribution >= 0.6 is 0 Å². The fourth-order valence-corrected chi connectivity index (χ4v) is 1.82. The Morgan fingerprint density at radius 3 is 2.30 bits per heavy atom. The molecule has 0 aliphatic heterocycles. The van der Waals surface area contributed by atoms with Gasteiger partial charge in [0, 0.05) is 23.6 Å². The third-order valence-corrected chi connectivity index (χ3v) is 2.86. The molecule has 104 valence electrons. The van der Waals surface area contributed by atoms with Crippen molar-refractivity contribution < 1.29 is 9.18 Å². The van der Waals surface area contributed by atoms with E-state index in [0.717, 1.165) is 5.69 Å². The number of halogens is 1. The molecule has 0 heterocycles. The van der Waals surface area contributed by atoms with Crippen LogP contribution in [0.2, 0.25) is 0 Å². The first-order valence-electron chi connectivity index (χ1n) is 6.30. The predicted octanol–water partition coefficient (Wildman–Crippen LogP) is 3.47. The number of amides is 2. The molecule has 2 amide bonds. The van der Waals surface area contributed by atoms with Gasteiger partial charge in [0.1, 0.15) is 5.82 Å². The van der Waals surface area contributed by atoms with Crippen molar-refractivity contribution in [2.45, 2.75) is 6.92 Å². The number of carbonyl (C=O) groups excluding carboxylic acids is 1. The second kappa shape index (κ2) is 6.06. The van der Waals surface area contributed by atoms with Gasteiger partial charge in [0.05, 0.1) is 0 Å². The molecule has 0 spiro atoms. The SMILES string of the molecule is CCN(C(=O)Nc1ccc(F)cc1)c1ccc(N)cc1. The quantitative estimate of drug-likeness (QED) is 0.841. The number of urea groups is 1. The van der Waals surface area contributed by atoms with Gasteiger partial charge in [-0.05, 0) is 55.5 Å². The highest BCUT2D eigenvalue weighted by molar-refractivity contribution is 6.01. The first-order chi connectivity index (χ1) is 9.60. The molecular formula is C15H16FN3O.